The molecule has 0 saturated carbocycles. The molecule has 0 aromatic carbocycles. The van der Waals surface area contributed by atoms with Crippen molar-refractivity contribution >= 4 is 11.9 Å². The summed E-state index contributed by atoms with van der Waals surface area (Å²) in [6.45, 7) is 7.32. The Hall–Kier alpha value is -1.34. The number of ether oxygens (including phenoxy) is 2. The number of carbonyl (C=O) groups excluding carboxylic acids is 1. The van der Waals surface area contributed by atoms with Crippen LogP contribution in [0.5, 0.6) is 0 Å². The number of aliphatic imine (C=N–C) groups is 1. The molecule has 0 bridgehead atoms. The Labute approximate surface area is 139 Å². The minimum atomic E-state index is -0.0141. The second kappa shape index (κ2) is 11.2. The Morgan fingerprint density at radius 2 is 2.26 bits per heavy atom. The lowest BCUT2D eigenvalue weighted by Crippen LogP contribution is -2.43. The predicted octanol–water partition coefficient (Wildman–Crippen LogP) is 0.604. The maximum absolute atomic E-state index is 11.7. The number of nitrogens with zero attached hydrogens (tertiary/aromatic N) is 2. The molecule has 1 heterocycles. The summed E-state index contributed by atoms with van der Waals surface area (Å²) in [7, 11) is 3.47. The average Bonchev–Trinajstić information content (AvgIpc) is 3.04. The molecule has 2 unspecified atom stereocenters. The first-order valence-corrected chi connectivity index (χ1v) is 8.47. The Morgan fingerprint density at radius 1 is 1.48 bits per heavy atom. The lowest BCUT2D eigenvalue weighted by molar-refractivity contribution is -0.127. The highest BCUT2D eigenvalue weighted by atomic mass is 16.5. The van der Waals surface area contributed by atoms with Crippen molar-refractivity contribution in [3.05, 3.63) is 0 Å². The average molecular weight is 328 g/mol. The van der Waals surface area contributed by atoms with Crippen molar-refractivity contribution in [3.63, 3.8) is 0 Å². The first-order chi connectivity index (χ1) is 11.0. The minimum Gasteiger partial charge on any atom is -0.379 e. The summed E-state index contributed by atoms with van der Waals surface area (Å²) in [4.78, 5) is 17.6. The maximum Gasteiger partial charge on any atom is 0.243 e. The molecular weight excluding hydrogens is 296 g/mol. The van der Waals surface area contributed by atoms with Crippen LogP contribution in [0.1, 0.15) is 33.1 Å². The SMILES string of the molecule is CCC(C)NC(=NCC(=O)N(C)C)NCCCOC1CCOC1. The van der Waals surface area contributed by atoms with Gasteiger partial charge in [-0.25, -0.2) is 4.99 Å². The van der Waals surface area contributed by atoms with Crippen molar-refractivity contribution in [2.24, 2.45) is 4.99 Å². The first-order valence-electron chi connectivity index (χ1n) is 8.47. The van der Waals surface area contributed by atoms with E-state index >= 15 is 0 Å². The van der Waals surface area contributed by atoms with E-state index in [0.717, 1.165) is 32.4 Å². The van der Waals surface area contributed by atoms with E-state index in [9.17, 15) is 4.79 Å². The summed E-state index contributed by atoms with van der Waals surface area (Å²) in [5.41, 5.74) is 0. The third-order valence-electron chi connectivity index (χ3n) is 3.72. The zero-order valence-corrected chi connectivity index (χ0v) is 14.9. The van der Waals surface area contributed by atoms with Gasteiger partial charge in [-0.1, -0.05) is 6.92 Å². The monoisotopic (exact) mass is 328 g/mol. The smallest absolute Gasteiger partial charge is 0.243 e. The van der Waals surface area contributed by atoms with Crippen LogP contribution in [0.3, 0.4) is 0 Å². The van der Waals surface area contributed by atoms with Gasteiger partial charge < -0.3 is 25.0 Å². The molecule has 1 aliphatic heterocycles. The number of amides is 1. The topological polar surface area (TPSA) is 75.2 Å². The Morgan fingerprint density at radius 3 is 2.87 bits per heavy atom. The van der Waals surface area contributed by atoms with E-state index < -0.39 is 0 Å². The van der Waals surface area contributed by atoms with Gasteiger partial charge >= 0.3 is 0 Å². The normalized spacial score (nSPS) is 19.5. The molecule has 1 aliphatic rings. The van der Waals surface area contributed by atoms with Gasteiger partial charge in [0, 0.05) is 39.9 Å². The zero-order valence-electron chi connectivity index (χ0n) is 14.9. The van der Waals surface area contributed by atoms with Crippen molar-refractivity contribution in [2.75, 3.05) is 47.0 Å². The molecule has 0 spiro atoms. The van der Waals surface area contributed by atoms with Gasteiger partial charge in [0.15, 0.2) is 5.96 Å². The quantitative estimate of drug-likeness (QED) is 0.368. The summed E-state index contributed by atoms with van der Waals surface area (Å²) in [6.07, 6.45) is 3.12. The number of hydrogen-bond donors (Lipinski definition) is 2. The number of guanidine groups is 1. The van der Waals surface area contributed by atoms with Crippen molar-refractivity contribution in [2.45, 2.75) is 45.3 Å². The zero-order chi connectivity index (χ0) is 17.1. The standard InChI is InChI=1S/C16H32N4O3/c1-5-13(2)19-16(18-11-15(21)20(3)4)17-8-6-9-23-14-7-10-22-12-14/h13-14H,5-12H2,1-4H3,(H2,17,18,19). The van der Waals surface area contributed by atoms with E-state index in [-0.39, 0.29) is 18.6 Å². The first kappa shape index (κ1) is 19.7. The fourth-order valence-corrected chi connectivity index (χ4v) is 1.95. The van der Waals surface area contributed by atoms with Crippen molar-refractivity contribution in [1.82, 2.24) is 15.5 Å². The molecule has 2 N–H and O–H groups in total. The van der Waals surface area contributed by atoms with Crippen LogP contribution in [0.25, 0.3) is 0 Å². The van der Waals surface area contributed by atoms with Crippen LogP contribution in [0.4, 0.5) is 0 Å². The van der Waals surface area contributed by atoms with Gasteiger partial charge in [-0.2, -0.15) is 0 Å². The van der Waals surface area contributed by atoms with Crippen molar-refractivity contribution in [1.29, 1.82) is 0 Å². The molecule has 7 nitrogen and oxygen atoms in total. The van der Waals surface area contributed by atoms with Gasteiger partial charge in [0.25, 0.3) is 0 Å². The van der Waals surface area contributed by atoms with E-state index in [1.165, 1.54) is 0 Å². The van der Waals surface area contributed by atoms with E-state index in [4.69, 9.17) is 9.47 Å². The highest BCUT2D eigenvalue weighted by Crippen LogP contribution is 2.07. The van der Waals surface area contributed by atoms with Crippen LogP contribution in [0.15, 0.2) is 4.99 Å². The molecular formula is C16H32N4O3. The van der Waals surface area contributed by atoms with Gasteiger partial charge in [0.2, 0.25) is 5.91 Å². The largest absolute Gasteiger partial charge is 0.379 e. The van der Waals surface area contributed by atoms with Gasteiger partial charge in [-0.15, -0.1) is 0 Å². The number of rotatable bonds is 9. The van der Waals surface area contributed by atoms with Crippen LogP contribution in [-0.4, -0.2) is 75.9 Å². The highest BCUT2D eigenvalue weighted by Gasteiger charge is 2.15. The lowest BCUT2D eigenvalue weighted by Gasteiger charge is -2.18. The molecule has 0 radical (unpaired) electrons. The summed E-state index contributed by atoms with van der Waals surface area (Å²) < 4.78 is 11.0. The Kier molecular flexibility index (Phi) is 9.63. The molecule has 0 aliphatic carbocycles. The molecule has 134 valence electrons. The van der Waals surface area contributed by atoms with Crippen LogP contribution >= 0.6 is 0 Å². The Balaban J connectivity index is 2.30. The highest BCUT2D eigenvalue weighted by molar-refractivity contribution is 5.84. The van der Waals surface area contributed by atoms with E-state index in [0.29, 0.717) is 25.2 Å². The summed E-state index contributed by atoms with van der Waals surface area (Å²) >= 11 is 0. The predicted molar refractivity (Wildman–Crippen MR) is 91.7 cm³/mol. The maximum atomic E-state index is 11.7. The van der Waals surface area contributed by atoms with Gasteiger partial charge in [-0.3, -0.25) is 4.79 Å². The lowest BCUT2D eigenvalue weighted by atomic mass is 10.3. The number of likely N-dealkylation sites (N-methyl/N-ethyl adjacent to an activating group) is 1. The van der Waals surface area contributed by atoms with Crippen LogP contribution in [0.2, 0.25) is 0 Å². The molecule has 1 amide bonds. The summed E-state index contributed by atoms with van der Waals surface area (Å²) in [5.74, 6) is 0.665. The van der Waals surface area contributed by atoms with Crippen LogP contribution in [-0.2, 0) is 14.3 Å². The number of hydrogen-bond acceptors (Lipinski definition) is 4. The Bertz CT molecular complexity index is 368. The number of nitrogens with one attached hydrogen (secondary N) is 2. The summed E-state index contributed by atoms with van der Waals surface area (Å²) in [6, 6.07) is 0.308. The van der Waals surface area contributed by atoms with Crippen molar-refractivity contribution in [3.8, 4) is 0 Å². The third-order valence-corrected chi connectivity index (χ3v) is 3.72. The van der Waals surface area contributed by atoms with Gasteiger partial charge in [0.1, 0.15) is 6.54 Å². The van der Waals surface area contributed by atoms with Crippen LogP contribution in [0, 0.1) is 0 Å². The molecule has 7 heteroatoms. The minimum absolute atomic E-state index is 0.0141. The fourth-order valence-electron chi connectivity index (χ4n) is 1.95. The fraction of sp³-hybridized carbons (Fsp3) is 0.875. The molecule has 1 saturated heterocycles. The number of carbonyl (C=O) groups is 1. The second-order valence-electron chi connectivity index (χ2n) is 6.04. The van der Waals surface area contributed by atoms with Gasteiger partial charge in [0.05, 0.1) is 12.7 Å². The van der Waals surface area contributed by atoms with Crippen LogP contribution < -0.4 is 10.6 Å². The molecule has 0 aromatic rings. The molecule has 1 fully saturated rings. The van der Waals surface area contributed by atoms with Gasteiger partial charge in [-0.05, 0) is 26.2 Å². The van der Waals surface area contributed by atoms with E-state index in [2.05, 4.69) is 29.5 Å². The molecule has 2 atom stereocenters. The van der Waals surface area contributed by atoms with E-state index in [1.54, 1.807) is 19.0 Å². The third kappa shape index (κ3) is 8.76. The second-order valence-corrected chi connectivity index (χ2v) is 6.04. The summed E-state index contributed by atoms with van der Waals surface area (Å²) in [5, 5.41) is 6.56. The molecule has 0 aromatic heterocycles. The molecule has 1 rings (SSSR count). The van der Waals surface area contributed by atoms with Crippen molar-refractivity contribution < 1.29 is 14.3 Å². The molecule has 23 heavy (non-hydrogen) atoms. The van der Waals surface area contributed by atoms with E-state index in [1.807, 2.05) is 0 Å².